The molecule has 3 rings (SSSR count). The molecule has 1 aromatic heterocycles. The molecule has 2 nitrogen and oxygen atoms in total. The highest BCUT2D eigenvalue weighted by molar-refractivity contribution is 8.07. The normalized spacial score (nSPS) is 30.7. The average Bonchev–Trinajstić information content (AvgIpc) is 2.56. The van der Waals surface area contributed by atoms with Crippen LogP contribution < -0.4 is 5.32 Å². The van der Waals surface area contributed by atoms with Crippen molar-refractivity contribution in [1.82, 2.24) is 10.3 Å². The van der Waals surface area contributed by atoms with E-state index >= 15 is 0 Å². The minimum Gasteiger partial charge on any atom is -0.315 e. The maximum absolute atomic E-state index is 4.76. The molecule has 0 saturated carbocycles. The van der Waals surface area contributed by atoms with E-state index in [1.165, 1.54) is 48.4 Å². The molecule has 0 spiro atoms. The Labute approximate surface area is 137 Å². The molecule has 0 amide bonds. The molecule has 0 radical (unpaired) electrons. The van der Waals surface area contributed by atoms with Crippen LogP contribution in [-0.2, 0) is 6.42 Å². The Hall–Kier alpha value is -0.190. The van der Waals surface area contributed by atoms with E-state index in [2.05, 4.69) is 54.9 Å². The van der Waals surface area contributed by atoms with Crippen molar-refractivity contribution in [2.24, 2.45) is 0 Å². The van der Waals surface area contributed by atoms with Crippen LogP contribution in [0, 0.1) is 0 Å². The fourth-order valence-corrected chi connectivity index (χ4v) is 7.21. The third-order valence-corrected chi connectivity index (χ3v) is 8.23. The van der Waals surface area contributed by atoms with Crippen molar-refractivity contribution < 1.29 is 0 Å². The first-order chi connectivity index (χ1) is 10.3. The Morgan fingerprint density at radius 2 is 2.24 bits per heavy atom. The van der Waals surface area contributed by atoms with Crippen molar-refractivity contribution in [3.63, 3.8) is 0 Å². The number of hydrogen-bond acceptors (Lipinski definition) is 4. The van der Waals surface area contributed by atoms with Gasteiger partial charge in [-0.1, -0.05) is 13.0 Å². The summed E-state index contributed by atoms with van der Waals surface area (Å²) in [4.78, 5) is 4.76. The van der Waals surface area contributed by atoms with Crippen LogP contribution in [0.2, 0.25) is 0 Å². The first kappa shape index (κ1) is 15.7. The van der Waals surface area contributed by atoms with E-state index in [1.807, 2.05) is 6.20 Å². The summed E-state index contributed by atoms with van der Waals surface area (Å²) in [7, 11) is 2.15. The van der Waals surface area contributed by atoms with Crippen molar-refractivity contribution in [1.29, 1.82) is 0 Å². The zero-order valence-corrected chi connectivity index (χ0v) is 14.7. The fraction of sp³-hybridized carbons (Fsp3) is 0.706. The summed E-state index contributed by atoms with van der Waals surface area (Å²) < 4.78 is 0. The van der Waals surface area contributed by atoms with Crippen LogP contribution >= 0.6 is 23.5 Å². The maximum atomic E-state index is 4.76. The van der Waals surface area contributed by atoms with Gasteiger partial charge in [0.15, 0.2) is 0 Å². The fourth-order valence-electron chi connectivity index (χ4n) is 3.86. The van der Waals surface area contributed by atoms with Gasteiger partial charge in [0.1, 0.15) is 0 Å². The van der Waals surface area contributed by atoms with Crippen LogP contribution in [0.4, 0.5) is 0 Å². The van der Waals surface area contributed by atoms with E-state index in [0.29, 0.717) is 12.0 Å². The summed E-state index contributed by atoms with van der Waals surface area (Å²) >= 11 is 4.36. The molecule has 4 unspecified atom stereocenters. The van der Waals surface area contributed by atoms with Crippen molar-refractivity contribution >= 4 is 23.5 Å². The highest BCUT2D eigenvalue weighted by Crippen LogP contribution is 2.42. The number of aryl methyl sites for hydroxylation is 1. The van der Waals surface area contributed by atoms with Crippen molar-refractivity contribution in [2.75, 3.05) is 18.6 Å². The molecule has 4 atom stereocenters. The van der Waals surface area contributed by atoms with E-state index in [1.54, 1.807) is 0 Å². The lowest BCUT2D eigenvalue weighted by Crippen LogP contribution is -2.48. The Balaban J connectivity index is 1.86. The number of hydrogen-bond donors (Lipinski definition) is 1. The van der Waals surface area contributed by atoms with Crippen molar-refractivity contribution in [3.05, 3.63) is 29.6 Å². The smallest absolute Gasteiger partial charge is 0.0482 e. The Kier molecular flexibility index (Phi) is 5.52. The van der Waals surface area contributed by atoms with E-state index in [-0.39, 0.29) is 0 Å². The number of rotatable bonds is 4. The molecule has 1 aromatic rings. The minimum atomic E-state index is 0.557. The molecule has 0 aromatic carbocycles. The SMILES string of the molecule is CCC1SCCSC1C(NC)C1CCCc2cccnc21. The summed E-state index contributed by atoms with van der Waals surface area (Å²) in [6.45, 7) is 2.34. The topological polar surface area (TPSA) is 24.9 Å². The van der Waals surface area contributed by atoms with Gasteiger partial charge in [-0.2, -0.15) is 23.5 Å². The van der Waals surface area contributed by atoms with Gasteiger partial charge in [0.25, 0.3) is 0 Å². The van der Waals surface area contributed by atoms with Crippen molar-refractivity contribution in [3.8, 4) is 0 Å². The van der Waals surface area contributed by atoms with E-state index < -0.39 is 0 Å². The predicted molar refractivity (Wildman–Crippen MR) is 95.5 cm³/mol. The monoisotopic (exact) mass is 322 g/mol. The van der Waals surface area contributed by atoms with Crippen LogP contribution in [-0.4, -0.2) is 40.1 Å². The zero-order chi connectivity index (χ0) is 14.7. The first-order valence-electron chi connectivity index (χ1n) is 8.19. The number of pyridine rings is 1. The van der Waals surface area contributed by atoms with E-state index in [9.17, 15) is 0 Å². The molecular formula is C17H26N2S2. The second-order valence-corrected chi connectivity index (χ2v) is 8.65. The largest absolute Gasteiger partial charge is 0.315 e. The van der Waals surface area contributed by atoms with Crippen LogP contribution in [0.5, 0.6) is 0 Å². The first-order valence-corrected chi connectivity index (χ1v) is 10.3. The van der Waals surface area contributed by atoms with Gasteiger partial charge >= 0.3 is 0 Å². The van der Waals surface area contributed by atoms with Gasteiger partial charge < -0.3 is 5.32 Å². The summed E-state index contributed by atoms with van der Waals surface area (Å²) in [6, 6.07) is 4.93. The van der Waals surface area contributed by atoms with Crippen LogP contribution in [0.15, 0.2) is 18.3 Å². The molecule has 0 bridgehead atoms. The lowest BCUT2D eigenvalue weighted by Gasteiger charge is -2.41. The maximum Gasteiger partial charge on any atom is 0.0482 e. The van der Waals surface area contributed by atoms with Crippen molar-refractivity contribution in [2.45, 2.75) is 55.1 Å². The summed E-state index contributed by atoms with van der Waals surface area (Å²) in [6.07, 6.45) is 7.06. The molecule has 2 heterocycles. The molecule has 4 heteroatoms. The predicted octanol–water partition coefficient (Wildman–Crippen LogP) is 3.72. The minimum absolute atomic E-state index is 0.557. The Morgan fingerprint density at radius 3 is 3.05 bits per heavy atom. The van der Waals surface area contributed by atoms with Gasteiger partial charge in [0.2, 0.25) is 0 Å². The molecular weight excluding hydrogens is 296 g/mol. The molecule has 1 aliphatic carbocycles. The van der Waals surface area contributed by atoms with Crippen LogP contribution in [0.25, 0.3) is 0 Å². The molecule has 21 heavy (non-hydrogen) atoms. The summed E-state index contributed by atoms with van der Waals surface area (Å²) in [5, 5.41) is 5.18. The van der Waals surface area contributed by atoms with Gasteiger partial charge in [0.05, 0.1) is 0 Å². The number of nitrogens with one attached hydrogen (secondary N) is 1. The highest BCUT2D eigenvalue weighted by atomic mass is 32.2. The molecule has 2 aliphatic rings. The second-order valence-electron chi connectivity index (χ2n) is 6.01. The Morgan fingerprint density at radius 1 is 1.38 bits per heavy atom. The van der Waals surface area contributed by atoms with Gasteiger partial charge in [-0.15, -0.1) is 0 Å². The average molecular weight is 323 g/mol. The molecule has 116 valence electrons. The highest BCUT2D eigenvalue weighted by Gasteiger charge is 2.38. The zero-order valence-electron chi connectivity index (χ0n) is 13.0. The van der Waals surface area contributed by atoms with Gasteiger partial charge in [0, 0.05) is 45.9 Å². The quantitative estimate of drug-likeness (QED) is 0.913. The molecule has 1 saturated heterocycles. The third-order valence-electron chi connectivity index (χ3n) is 4.85. The van der Waals surface area contributed by atoms with Gasteiger partial charge in [-0.05, 0) is 44.4 Å². The van der Waals surface area contributed by atoms with Crippen LogP contribution in [0.1, 0.15) is 43.4 Å². The number of fused-ring (bicyclic) bond motifs is 1. The lowest BCUT2D eigenvalue weighted by molar-refractivity contribution is 0.388. The summed E-state index contributed by atoms with van der Waals surface area (Å²) in [5.74, 6) is 3.20. The number of nitrogens with zero attached hydrogens (tertiary/aromatic N) is 1. The molecule has 1 N–H and O–H groups in total. The van der Waals surface area contributed by atoms with Gasteiger partial charge in [-0.3, -0.25) is 4.98 Å². The third kappa shape index (κ3) is 3.27. The van der Waals surface area contributed by atoms with E-state index in [4.69, 9.17) is 4.98 Å². The lowest BCUT2D eigenvalue weighted by atomic mass is 9.80. The number of aromatic nitrogens is 1. The molecule has 1 fully saturated rings. The number of likely N-dealkylation sites (N-methyl/N-ethyl adjacent to an activating group) is 1. The van der Waals surface area contributed by atoms with Crippen LogP contribution in [0.3, 0.4) is 0 Å². The summed E-state index contributed by atoms with van der Waals surface area (Å²) in [5.41, 5.74) is 2.85. The van der Waals surface area contributed by atoms with Gasteiger partial charge in [-0.25, -0.2) is 0 Å². The Bertz CT molecular complexity index is 466. The second kappa shape index (κ2) is 7.38. The standard InChI is InChI=1S/C17H26N2S2/c1-3-14-17(21-11-10-20-14)16(18-2)13-8-4-6-12-7-5-9-19-15(12)13/h5,7,9,13-14,16-18H,3-4,6,8,10-11H2,1-2H3. The number of thioether (sulfide) groups is 2. The van der Waals surface area contributed by atoms with E-state index in [0.717, 1.165) is 10.5 Å². The molecule has 1 aliphatic heterocycles.